The van der Waals surface area contributed by atoms with E-state index in [9.17, 15) is 19.8 Å². The van der Waals surface area contributed by atoms with E-state index in [0.29, 0.717) is 19.3 Å². The van der Waals surface area contributed by atoms with Crippen molar-refractivity contribution in [1.29, 1.82) is 0 Å². The Morgan fingerprint density at radius 2 is 0.857 bits per heavy atom. The quantitative estimate of drug-likeness (QED) is 0.0324. The molecule has 0 aromatic heterocycles. The lowest BCUT2D eigenvalue weighted by atomic mass is 10.0. The molecule has 0 aromatic carbocycles. The summed E-state index contributed by atoms with van der Waals surface area (Å²) in [5, 5.41) is 23.6. The van der Waals surface area contributed by atoms with Crippen LogP contribution in [0.15, 0.2) is 12.2 Å². The van der Waals surface area contributed by atoms with Crippen molar-refractivity contribution in [2.45, 2.75) is 289 Å². The molecular formula is C50H97NO5. The molecule has 0 rings (SSSR count). The van der Waals surface area contributed by atoms with Crippen LogP contribution in [0, 0.1) is 0 Å². The Kier molecular flexibility index (Phi) is 43.6. The van der Waals surface area contributed by atoms with Gasteiger partial charge in [0.15, 0.2) is 0 Å². The molecule has 0 saturated carbocycles. The molecule has 0 aliphatic carbocycles. The van der Waals surface area contributed by atoms with Crippen LogP contribution in [0.2, 0.25) is 0 Å². The van der Waals surface area contributed by atoms with E-state index >= 15 is 0 Å². The molecule has 0 aliphatic rings. The lowest BCUT2D eigenvalue weighted by Gasteiger charge is -2.24. The highest BCUT2D eigenvalue weighted by Gasteiger charge is 2.24. The lowest BCUT2D eigenvalue weighted by molar-refractivity contribution is -0.151. The number of amides is 1. The first-order chi connectivity index (χ1) is 27.5. The summed E-state index contributed by atoms with van der Waals surface area (Å²) in [7, 11) is 0. The SMILES string of the molecule is CCCCCC/C=C\CCCCCCCC(CC(=O)NC(CO)C(O)CCCCCCCCCCC)OC(=O)CCCCCCCCCCCCCCCCC. The number of aliphatic hydroxyl groups is 2. The van der Waals surface area contributed by atoms with E-state index in [1.54, 1.807) is 0 Å². The standard InChI is InChI=1S/C50H97NO5/c1-4-7-10-13-16-19-21-23-24-26-28-31-34-37-40-43-50(55)56-46(41-38-35-32-30-27-25-22-20-17-14-11-8-5-2)44-49(54)51-47(45-52)48(53)42-39-36-33-29-18-15-12-9-6-3/h20,22,46-48,52-53H,4-19,21,23-45H2,1-3H3,(H,51,54)/b22-20-. The Bertz CT molecular complexity index is 847. The van der Waals surface area contributed by atoms with E-state index in [0.717, 1.165) is 64.2 Å². The number of ether oxygens (including phenoxy) is 1. The zero-order valence-electron chi connectivity index (χ0n) is 37.8. The van der Waals surface area contributed by atoms with Crippen molar-refractivity contribution >= 4 is 11.9 Å². The maximum Gasteiger partial charge on any atom is 0.306 e. The number of carbonyl (C=O) groups is 2. The number of hydrogen-bond acceptors (Lipinski definition) is 5. The molecule has 0 aromatic rings. The van der Waals surface area contributed by atoms with Crippen molar-refractivity contribution in [2.24, 2.45) is 0 Å². The largest absolute Gasteiger partial charge is 0.462 e. The van der Waals surface area contributed by atoms with Crippen LogP contribution < -0.4 is 5.32 Å². The van der Waals surface area contributed by atoms with Crippen LogP contribution in [-0.4, -0.2) is 46.9 Å². The zero-order valence-corrected chi connectivity index (χ0v) is 37.8. The number of aliphatic hydroxyl groups excluding tert-OH is 2. The van der Waals surface area contributed by atoms with E-state index in [2.05, 4.69) is 38.2 Å². The van der Waals surface area contributed by atoms with Gasteiger partial charge in [0.25, 0.3) is 0 Å². The third-order valence-corrected chi connectivity index (χ3v) is 11.6. The Labute approximate surface area is 349 Å². The maximum atomic E-state index is 13.1. The van der Waals surface area contributed by atoms with Gasteiger partial charge in [-0.15, -0.1) is 0 Å². The van der Waals surface area contributed by atoms with Gasteiger partial charge in [-0.2, -0.15) is 0 Å². The number of hydrogen-bond donors (Lipinski definition) is 3. The van der Waals surface area contributed by atoms with Crippen LogP contribution in [-0.2, 0) is 14.3 Å². The average molecular weight is 792 g/mol. The molecule has 0 saturated heterocycles. The summed E-state index contributed by atoms with van der Waals surface area (Å²) in [6, 6.07) is -0.696. The number of unbranched alkanes of at least 4 members (excludes halogenated alkanes) is 31. The number of allylic oxidation sites excluding steroid dienone is 2. The van der Waals surface area contributed by atoms with Crippen LogP contribution in [0.3, 0.4) is 0 Å². The predicted molar refractivity (Wildman–Crippen MR) is 241 cm³/mol. The van der Waals surface area contributed by atoms with Crippen molar-refractivity contribution in [1.82, 2.24) is 5.32 Å². The summed E-state index contributed by atoms with van der Waals surface area (Å²) in [4.78, 5) is 26.1. The highest BCUT2D eigenvalue weighted by Crippen LogP contribution is 2.18. The predicted octanol–water partition coefficient (Wildman–Crippen LogP) is 14.6. The molecule has 3 unspecified atom stereocenters. The second-order valence-corrected chi connectivity index (χ2v) is 17.2. The molecule has 0 bridgehead atoms. The first-order valence-electron chi connectivity index (χ1n) is 24.9. The smallest absolute Gasteiger partial charge is 0.306 e. The Hall–Kier alpha value is -1.40. The van der Waals surface area contributed by atoms with Gasteiger partial charge in [0.05, 0.1) is 25.2 Å². The molecule has 1 amide bonds. The normalized spacial score (nSPS) is 13.3. The highest BCUT2D eigenvalue weighted by atomic mass is 16.5. The van der Waals surface area contributed by atoms with Crippen molar-refractivity contribution in [3.63, 3.8) is 0 Å². The summed E-state index contributed by atoms with van der Waals surface area (Å²) in [6.45, 7) is 6.46. The zero-order chi connectivity index (χ0) is 41.0. The summed E-state index contributed by atoms with van der Waals surface area (Å²) in [5.41, 5.74) is 0. The first kappa shape index (κ1) is 54.6. The van der Waals surface area contributed by atoms with Crippen LogP contribution >= 0.6 is 0 Å². The average Bonchev–Trinajstić information content (AvgIpc) is 3.19. The fraction of sp³-hybridized carbons (Fsp3) is 0.920. The van der Waals surface area contributed by atoms with Gasteiger partial charge in [-0.05, 0) is 51.4 Å². The molecule has 3 atom stereocenters. The maximum absolute atomic E-state index is 13.1. The third-order valence-electron chi connectivity index (χ3n) is 11.6. The monoisotopic (exact) mass is 792 g/mol. The lowest BCUT2D eigenvalue weighted by Crippen LogP contribution is -2.46. The molecule has 332 valence electrons. The van der Waals surface area contributed by atoms with Gasteiger partial charge in [0.2, 0.25) is 5.91 Å². The number of carbonyl (C=O) groups excluding carboxylic acids is 2. The van der Waals surface area contributed by atoms with E-state index < -0.39 is 18.2 Å². The second kappa shape index (κ2) is 44.7. The van der Waals surface area contributed by atoms with Gasteiger partial charge < -0.3 is 20.3 Å². The molecule has 6 heteroatoms. The molecule has 0 fully saturated rings. The minimum atomic E-state index is -0.782. The van der Waals surface area contributed by atoms with Crippen molar-refractivity contribution in [2.75, 3.05) is 6.61 Å². The second-order valence-electron chi connectivity index (χ2n) is 17.2. The molecule has 0 radical (unpaired) electrons. The molecule has 56 heavy (non-hydrogen) atoms. The van der Waals surface area contributed by atoms with Crippen molar-refractivity contribution in [3.05, 3.63) is 12.2 Å². The molecule has 3 N–H and O–H groups in total. The minimum absolute atomic E-state index is 0.0783. The molecular weight excluding hydrogens is 695 g/mol. The molecule has 0 heterocycles. The highest BCUT2D eigenvalue weighted by molar-refractivity contribution is 5.77. The van der Waals surface area contributed by atoms with E-state index in [-0.39, 0.29) is 24.9 Å². The summed E-state index contributed by atoms with van der Waals surface area (Å²) < 4.78 is 5.92. The number of nitrogens with one attached hydrogen (secondary N) is 1. The Balaban J connectivity index is 4.54. The Morgan fingerprint density at radius 1 is 0.500 bits per heavy atom. The third kappa shape index (κ3) is 39.4. The Morgan fingerprint density at radius 3 is 1.29 bits per heavy atom. The van der Waals surface area contributed by atoms with E-state index in [1.165, 1.54) is 161 Å². The summed E-state index contributed by atoms with van der Waals surface area (Å²) >= 11 is 0. The van der Waals surface area contributed by atoms with Crippen molar-refractivity contribution in [3.8, 4) is 0 Å². The van der Waals surface area contributed by atoms with Gasteiger partial charge in [-0.3, -0.25) is 9.59 Å². The summed E-state index contributed by atoms with van der Waals surface area (Å²) in [5.74, 6) is -0.468. The first-order valence-corrected chi connectivity index (χ1v) is 24.9. The van der Waals surface area contributed by atoms with Gasteiger partial charge in [0, 0.05) is 6.42 Å². The van der Waals surface area contributed by atoms with Gasteiger partial charge in [-0.1, -0.05) is 219 Å². The van der Waals surface area contributed by atoms with Gasteiger partial charge >= 0.3 is 5.97 Å². The van der Waals surface area contributed by atoms with Crippen LogP contribution in [0.1, 0.15) is 271 Å². The summed E-state index contributed by atoms with van der Waals surface area (Å²) in [6.07, 6.45) is 48.4. The fourth-order valence-corrected chi connectivity index (χ4v) is 7.78. The van der Waals surface area contributed by atoms with E-state index in [4.69, 9.17) is 4.74 Å². The minimum Gasteiger partial charge on any atom is -0.462 e. The molecule has 0 spiro atoms. The van der Waals surface area contributed by atoms with Crippen LogP contribution in [0.25, 0.3) is 0 Å². The molecule has 0 aliphatic heterocycles. The fourth-order valence-electron chi connectivity index (χ4n) is 7.78. The number of esters is 1. The van der Waals surface area contributed by atoms with Gasteiger partial charge in [0.1, 0.15) is 6.10 Å². The molecule has 6 nitrogen and oxygen atoms in total. The van der Waals surface area contributed by atoms with Crippen LogP contribution in [0.5, 0.6) is 0 Å². The van der Waals surface area contributed by atoms with Gasteiger partial charge in [-0.25, -0.2) is 0 Å². The van der Waals surface area contributed by atoms with Crippen molar-refractivity contribution < 1.29 is 24.5 Å². The number of rotatable bonds is 45. The topological polar surface area (TPSA) is 95.9 Å². The van der Waals surface area contributed by atoms with E-state index in [1.807, 2.05) is 0 Å². The van der Waals surface area contributed by atoms with Crippen LogP contribution in [0.4, 0.5) is 0 Å².